The third kappa shape index (κ3) is 2.28. The zero-order chi connectivity index (χ0) is 12.4. The summed E-state index contributed by atoms with van der Waals surface area (Å²) < 4.78 is 19.8. The van der Waals surface area contributed by atoms with Gasteiger partial charge in [-0.3, -0.25) is 4.57 Å². The second-order valence-electron chi connectivity index (χ2n) is 3.66. The highest BCUT2D eigenvalue weighted by Crippen LogP contribution is 2.30. The molecule has 3 N–H and O–H groups in total. The van der Waals surface area contributed by atoms with E-state index >= 15 is 0 Å². The third-order valence-electron chi connectivity index (χ3n) is 2.53. The number of rotatable bonds is 3. The molecule has 0 saturated carbocycles. The van der Waals surface area contributed by atoms with Gasteiger partial charge in [0.1, 0.15) is 6.17 Å². The summed E-state index contributed by atoms with van der Waals surface area (Å²) in [7, 11) is 0. The van der Waals surface area contributed by atoms with Crippen molar-refractivity contribution in [3.63, 3.8) is 0 Å². The molecule has 1 aromatic rings. The molecule has 2 rings (SSSR count). The van der Waals surface area contributed by atoms with Crippen molar-refractivity contribution in [3.8, 4) is 5.88 Å². The van der Waals surface area contributed by atoms with Crippen LogP contribution >= 0.6 is 0 Å². The summed E-state index contributed by atoms with van der Waals surface area (Å²) in [6, 6.07) is 1.32. The van der Waals surface area contributed by atoms with Crippen molar-refractivity contribution in [3.05, 3.63) is 22.7 Å². The summed E-state index contributed by atoms with van der Waals surface area (Å²) in [5.41, 5.74) is -0.723. The van der Waals surface area contributed by atoms with Crippen LogP contribution in [0.3, 0.4) is 0 Å². The van der Waals surface area contributed by atoms with E-state index in [0.717, 1.165) is 4.57 Å². The number of halogens is 1. The molecular weight excluding hydrogens is 233 g/mol. The van der Waals surface area contributed by atoms with Gasteiger partial charge in [-0.25, -0.2) is 9.18 Å². The molecule has 2 heterocycles. The molecule has 1 aliphatic rings. The predicted molar refractivity (Wildman–Crippen MR) is 53.8 cm³/mol. The van der Waals surface area contributed by atoms with E-state index in [2.05, 4.69) is 9.82 Å². The molecule has 1 aliphatic heterocycles. The van der Waals surface area contributed by atoms with Gasteiger partial charge in [-0.15, -0.1) is 0 Å². The van der Waals surface area contributed by atoms with Crippen LogP contribution in [0.15, 0.2) is 17.1 Å². The lowest BCUT2D eigenvalue weighted by Gasteiger charge is -2.15. The summed E-state index contributed by atoms with van der Waals surface area (Å²) in [6.45, 7) is -0.289. The molecule has 1 saturated heterocycles. The smallest absolute Gasteiger partial charge is 0.353 e. The Morgan fingerprint density at radius 1 is 1.76 bits per heavy atom. The van der Waals surface area contributed by atoms with Crippen molar-refractivity contribution >= 4 is 0 Å². The highest BCUT2D eigenvalue weighted by atomic mass is 19.1. The quantitative estimate of drug-likeness (QED) is 0.670. The number of hydrogen-bond acceptors (Lipinski definition) is 6. The van der Waals surface area contributed by atoms with E-state index in [4.69, 9.17) is 15.7 Å². The van der Waals surface area contributed by atoms with Crippen LogP contribution in [0.1, 0.15) is 12.6 Å². The van der Waals surface area contributed by atoms with E-state index in [1.165, 1.54) is 12.3 Å². The van der Waals surface area contributed by atoms with Crippen LogP contribution in [-0.2, 0) is 4.74 Å². The molecule has 0 aliphatic carbocycles. The first-order valence-corrected chi connectivity index (χ1v) is 5.02. The Bertz CT molecular complexity index is 452. The number of nitrogens with two attached hydrogens (primary N) is 1. The summed E-state index contributed by atoms with van der Waals surface area (Å²) in [6.07, 6.45) is -1.71. The Hall–Kier alpha value is -1.51. The van der Waals surface area contributed by atoms with Gasteiger partial charge in [0.2, 0.25) is 5.88 Å². The maximum Gasteiger partial charge on any atom is 0.353 e. The molecule has 0 amide bonds. The monoisotopic (exact) mass is 245 g/mol. The largest absolute Gasteiger partial charge is 0.394 e. The highest BCUT2D eigenvalue weighted by Gasteiger charge is 2.36. The Morgan fingerprint density at radius 2 is 2.53 bits per heavy atom. The maximum atomic E-state index is 13.6. The summed E-state index contributed by atoms with van der Waals surface area (Å²) in [5, 5.41) is 8.87. The lowest BCUT2D eigenvalue weighted by atomic mass is 10.2. The van der Waals surface area contributed by atoms with E-state index in [1.54, 1.807) is 0 Å². The minimum absolute atomic E-state index is 0.0444. The number of aromatic nitrogens is 2. The summed E-state index contributed by atoms with van der Waals surface area (Å²) in [5.74, 6) is 4.79. The van der Waals surface area contributed by atoms with Crippen LogP contribution in [0.25, 0.3) is 0 Å². The zero-order valence-corrected chi connectivity index (χ0v) is 8.82. The average Bonchev–Trinajstić information content (AvgIpc) is 2.70. The molecule has 0 bridgehead atoms. The number of ether oxygens (including phenoxy) is 1. The van der Waals surface area contributed by atoms with Crippen molar-refractivity contribution in [1.82, 2.24) is 9.55 Å². The molecule has 0 radical (unpaired) electrons. The van der Waals surface area contributed by atoms with Crippen LogP contribution in [0, 0.1) is 0 Å². The average molecular weight is 245 g/mol. The first-order chi connectivity index (χ1) is 8.15. The SMILES string of the molecule is NOc1ccn([C@@H]2O[C@H](CO)C[C@@H]2F)c(=O)n1. The second kappa shape index (κ2) is 4.78. The van der Waals surface area contributed by atoms with Gasteiger partial charge >= 0.3 is 5.69 Å². The summed E-state index contributed by atoms with van der Waals surface area (Å²) >= 11 is 0. The Morgan fingerprint density at radius 3 is 3.06 bits per heavy atom. The van der Waals surface area contributed by atoms with Gasteiger partial charge in [-0.05, 0) is 0 Å². The molecule has 1 fully saturated rings. The molecule has 0 aromatic carbocycles. The van der Waals surface area contributed by atoms with Gasteiger partial charge in [0.25, 0.3) is 0 Å². The lowest BCUT2D eigenvalue weighted by molar-refractivity contribution is -0.0395. The van der Waals surface area contributed by atoms with E-state index in [0.29, 0.717) is 0 Å². The number of aliphatic hydroxyl groups excluding tert-OH is 1. The third-order valence-corrected chi connectivity index (χ3v) is 2.53. The predicted octanol–water partition coefficient (Wildman–Crippen LogP) is -0.886. The first-order valence-electron chi connectivity index (χ1n) is 5.02. The van der Waals surface area contributed by atoms with Crippen LogP contribution < -0.4 is 16.4 Å². The second-order valence-corrected chi connectivity index (χ2v) is 3.66. The van der Waals surface area contributed by atoms with Crippen molar-refractivity contribution in [1.29, 1.82) is 0 Å². The Balaban J connectivity index is 2.26. The molecule has 17 heavy (non-hydrogen) atoms. The molecule has 8 heteroatoms. The van der Waals surface area contributed by atoms with Crippen molar-refractivity contribution in [2.24, 2.45) is 5.90 Å². The van der Waals surface area contributed by atoms with Gasteiger partial charge in [-0.1, -0.05) is 0 Å². The maximum absolute atomic E-state index is 13.6. The van der Waals surface area contributed by atoms with Crippen LogP contribution in [0.5, 0.6) is 5.88 Å². The fourth-order valence-corrected chi connectivity index (χ4v) is 1.72. The van der Waals surface area contributed by atoms with Gasteiger partial charge < -0.3 is 14.7 Å². The molecule has 0 unspecified atom stereocenters. The van der Waals surface area contributed by atoms with Crippen LogP contribution in [0.4, 0.5) is 4.39 Å². The van der Waals surface area contributed by atoms with Crippen molar-refractivity contribution in [2.75, 3.05) is 6.61 Å². The number of alkyl halides is 1. The minimum Gasteiger partial charge on any atom is -0.394 e. The molecule has 7 nitrogen and oxygen atoms in total. The van der Waals surface area contributed by atoms with Crippen molar-refractivity contribution < 1.29 is 19.1 Å². The number of hydrogen-bond donors (Lipinski definition) is 2. The fraction of sp³-hybridized carbons (Fsp3) is 0.556. The molecular formula is C9H12FN3O4. The van der Waals surface area contributed by atoms with Gasteiger partial charge in [0.05, 0.1) is 12.7 Å². The van der Waals surface area contributed by atoms with Gasteiger partial charge in [-0.2, -0.15) is 10.9 Å². The Labute approximate surface area is 95.5 Å². The Kier molecular flexibility index (Phi) is 3.36. The standard InChI is InChI=1S/C9H12FN3O4/c10-6-3-5(4-14)16-8(6)13-2-1-7(17-11)12-9(13)15/h1-2,5-6,8,14H,3-4,11H2/t5-,6-,8+/m0/s1. The molecule has 3 atom stereocenters. The summed E-state index contributed by atoms with van der Waals surface area (Å²) in [4.78, 5) is 19.3. The number of nitrogens with zero attached hydrogens (tertiary/aromatic N) is 2. The van der Waals surface area contributed by atoms with E-state index < -0.39 is 24.2 Å². The van der Waals surface area contributed by atoms with Crippen LogP contribution in [-0.4, -0.2) is 33.5 Å². The van der Waals surface area contributed by atoms with Crippen molar-refractivity contribution in [2.45, 2.75) is 24.9 Å². The first kappa shape index (κ1) is 12.0. The molecule has 94 valence electrons. The normalized spacial score (nSPS) is 28.3. The van der Waals surface area contributed by atoms with E-state index in [-0.39, 0.29) is 18.9 Å². The van der Waals surface area contributed by atoms with Gasteiger partial charge in [0.15, 0.2) is 6.23 Å². The fourth-order valence-electron chi connectivity index (χ4n) is 1.72. The van der Waals surface area contributed by atoms with E-state index in [1.807, 2.05) is 0 Å². The number of aliphatic hydroxyl groups is 1. The minimum atomic E-state index is -1.36. The van der Waals surface area contributed by atoms with E-state index in [9.17, 15) is 9.18 Å². The van der Waals surface area contributed by atoms with Crippen LogP contribution in [0.2, 0.25) is 0 Å². The highest BCUT2D eigenvalue weighted by molar-refractivity contribution is 5.05. The molecule has 1 aromatic heterocycles. The topological polar surface area (TPSA) is 99.6 Å². The zero-order valence-electron chi connectivity index (χ0n) is 8.82. The van der Waals surface area contributed by atoms with Gasteiger partial charge in [0, 0.05) is 18.7 Å². The molecule has 0 spiro atoms. The lowest BCUT2D eigenvalue weighted by Crippen LogP contribution is -2.30.